The molecule has 5 nitrogen and oxygen atoms in total. The van der Waals surface area contributed by atoms with Crippen molar-refractivity contribution in [1.82, 2.24) is 19.9 Å². The zero-order valence-corrected chi connectivity index (χ0v) is 15.6. The number of carbonyl (C=O) groups is 1. The van der Waals surface area contributed by atoms with Crippen LogP contribution in [0.2, 0.25) is 0 Å². The summed E-state index contributed by atoms with van der Waals surface area (Å²) in [6, 6.07) is 14.1. The first-order valence-corrected chi connectivity index (χ1v) is 9.57. The number of fused-ring (bicyclic) bond motifs is 1. The van der Waals surface area contributed by atoms with Gasteiger partial charge in [-0.1, -0.05) is 42.3 Å². The largest absolute Gasteiger partial charge is 0.345 e. The molecule has 0 bridgehead atoms. The minimum Gasteiger partial charge on any atom is -0.345 e. The first-order chi connectivity index (χ1) is 13.2. The smallest absolute Gasteiger partial charge is 0.272 e. The van der Waals surface area contributed by atoms with Crippen LogP contribution in [0, 0.1) is 6.92 Å². The number of pyridine rings is 1. The van der Waals surface area contributed by atoms with E-state index < -0.39 is 0 Å². The Bertz CT molecular complexity index is 929. The van der Waals surface area contributed by atoms with Gasteiger partial charge in [0.1, 0.15) is 11.5 Å². The minimum atomic E-state index is -0.121. The van der Waals surface area contributed by atoms with Crippen molar-refractivity contribution in [1.29, 1.82) is 0 Å². The summed E-state index contributed by atoms with van der Waals surface area (Å²) in [5.41, 5.74) is 4.74. The number of nitrogens with zero attached hydrogens (tertiary/aromatic N) is 3. The van der Waals surface area contributed by atoms with Crippen molar-refractivity contribution in [2.75, 3.05) is 0 Å². The average Bonchev–Trinajstić information content (AvgIpc) is 2.89. The summed E-state index contributed by atoms with van der Waals surface area (Å²) in [6.07, 6.45) is 6.03. The number of hydrogen-bond donors (Lipinski definition) is 1. The molecule has 3 heterocycles. The summed E-state index contributed by atoms with van der Waals surface area (Å²) in [7, 11) is 0. The molecule has 1 aliphatic rings. The van der Waals surface area contributed by atoms with Crippen molar-refractivity contribution >= 4 is 5.91 Å². The lowest BCUT2D eigenvalue weighted by atomic mass is 10.1. The standard InChI is InChI=1S/C22H24N4O/c1-16-9-11-17(12-10-16)21-25-20(19-8-3-2-6-14-26(19)21)22(27)24-15-18-7-4-5-13-23-18/h4-5,7,9-13H,2-3,6,8,14-15H2,1H3,(H,24,27). The summed E-state index contributed by atoms with van der Waals surface area (Å²) in [4.78, 5) is 21.9. The molecule has 1 N–H and O–H groups in total. The van der Waals surface area contributed by atoms with Gasteiger partial charge < -0.3 is 9.88 Å². The molecule has 0 spiro atoms. The van der Waals surface area contributed by atoms with Crippen LogP contribution in [0.15, 0.2) is 48.7 Å². The van der Waals surface area contributed by atoms with E-state index >= 15 is 0 Å². The molecule has 27 heavy (non-hydrogen) atoms. The highest BCUT2D eigenvalue weighted by Crippen LogP contribution is 2.27. The molecule has 1 aliphatic heterocycles. The third-order valence-electron chi connectivity index (χ3n) is 5.05. The summed E-state index contributed by atoms with van der Waals surface area (Å²) in [6.45, 7) is 3.40. The van der Waals surface area contributed by atoms with Gasteiger partial charge in [0.05, 0.1) is 17.9 Å². The van der Waals surface area contributed by atoms with Crippen LogP contribution in [0.4, 0.5) is 0 Å². The van der Waals surface area contributed by atoms with Crippen molar-refractivity contribution in [2.24, 2.45) is 0 Å². The molecular weight excluding hydrogens is 336 g/mol. The van der Waals surface area contributed by atoms with Gasteiger partial charge in [-0.3, -0.25) is 9.78 Å². The Labute approximate surface area is 159 Å². The first-order valence-electron chi connectivity index (χ1n) is 9.57. The molecule has 0 saturated carbocycles. The number of hydrogen-bond acceptors (Lipinski definition) is 3. The maximum Gasteiger partial charge on any atom is 0.272 e. The maximum absolute atomic E-state index is 12.9. The fraction of sp³-hybridized carbons (Fsp3) is 0.318. The molecule has 0 saturated heterocycles. The number of rotatable bonds is 4. The Morgan fingerprint density at radius 3 is 2.74 bits per heavy atom. The second kappa shape index (κ2) is 7.74. The van der Waals surface area contributed by atoms with Gasteiger partial charge in [0.2, 0.25) is 0 Å². The fourth-order valence-electron chi connectivity index (χ4n) is 3.58. The Morgan fingerprint density at radius 2 is 1.96 bits per heavy atom. The molecule has 3 aromatic rings. The van der Waals surface area contributed by atoms with Crippen LogP contribution in [-0.4, -0.2) is 20.4 Å². The van der Waals surface area contributed by atoms with Crippen LogP contribution >= 0.6 is 0 Å². The highest BCUT2D eigenvalue weighted by Gasteiger charge is 2.24. The molecule has 0 atom stereocenters. The van der Waals surface area contributed by atoms with E-state index in [9.17, 15) is 4.79 Å². The molecular formula is C22H24N4O. The third-order valence-corrected chi connectivity index (χ3v) is 5.05. The van der Waals surface area contributed by atoms with Gasteiger partial charge in [0.15, 0.2) is 0 Å². The predicted octanol–water partition coefficient (Wildman–Crippen LogP) is 3.91. The van der Waals surface area contributed by atoms with Crippen molar-refractivity contribution in [3.8, 4) is 11.4 Å². The molecule has 0 aliphatic carbocycles. The molecule has 1 amide bonds. The number of imidazole rings is 1. The van der Waals surface area contributed by atoms with Crippen LogP contribution in [-0.2, 0) is 19.5 Å². The minimum absolute atomic E-state index is 0.121. The van der Waals surface area contributed by atoms with E-state index in [0.29, 0.717) is 12.2 Å². The van der Waals surface area contributed by atoms with Crippen LogP contribution < -0.4 is 5.32 Å². The first kappa shape index (κ1) is 17.5. The molecule has 5 heteroatoms. The molecule has 138 valence electrons. The zero-order valence-electron chi connectivity index (χ0n) is 15.6. The van der Waals surface area contributed by atoms with Gasteiger partial charge in [-0.05, 0) is 38.3 Å². The van der Waals surface area contributed by atoms with Gasteiger partial charge >= 0.3 is 0 Å². The van der Waals surface area contributed by atoms with Crippen LogP contribution in [0.25, 0.3) is 11.4 Å². The molecule has 0 fully saturated rings. The summed E-state index contributed by atoms with van der Waals surface area (Å²) in [5, 5.41) is 2.98. The lowest BCUT2D eigenvalue weighted by Gasteiger charge is -2.09. The lowest BCUT2D eigenvalue weighted by molar-refractivity contribution is 0.0944. The number of benzene rings is 1. The fourth-order valence-corrected chi connectivity index (χ4v) is 3.58. The third kappa shape index (κ3) is 3.77. The van der Waals surface area contributed by atoms with E-state index in [1.54, 1.807) is 6.20 Å². The van der Waals surface area contributed by atoms with Gasteiger partial charge in [-0.2, -0.15) is 0 Å². The molecule has 0 unspecified atom stereocenters. The summed E-state index contributed by atoms with van der Waals surface area (Å²) < 4.78 is 2.24. The van der Waals surface area contributed by atoms with Crippen molar-refractivity contribution in [3.63, 3.8) is 0 Å². The van der Waals surface area contributed by atoms with Crippen LogP contribution in [0.5, 0.6) is 0 Å². The SMILES string of the molecule is Cc1ccc(-c2nc(C(=O)NCc3ccccn3)c3n2CCCCC3)cc1. The van der Waals surface area contributed by atoms with E-state index in [0.717, 1.165) is 48.6 Å². The zero-order chi connectivity index (χ0) is 18.6. The van der Waals surface area contributed by atoms with Crippen molar-refractivity contribution in [2.45, 2.75) is 45.7 Å². The molecule has 2 aromatic heterocycles. The van der Waals surface area contributed by atoms with E-state index in [4.69, 9.17) is 4.98 Å². The molecule has 0 radical (unpaired) electrons. The summed E-state index contributed by atoms with van der Waals surface area (Å²) in [5.74, 6) is 0.777. The Kier molecular flexibility index (Phi) is 5.01. The van der Waals surface area contributed by atoms with E-state index in [2.05, 4.69) is 46.1 Å². The lowest BCUT2D eigenvalue weighted by Crippen LogP contribution is -2.25. The quantitative estimate of drug-likeness (QED) is 0.767. The summed E-state index contributed by atoms with van der Waals surface area (Å²) >= 11 is 0. The Morgan fingerprint density at radius 1 is 1.11 bits per heavy atom. The topological polar surface area (TPSA) is 59.8 Å². The van der Waals surface area contributed by atoms with Gasteiger partial charge in [0.25, 0.3) is 5.91 Å². The monoisotopic (exact) mass is 360 g/mol. The highest BCUT2D eigenvalue weighted by molar-refractivity contribution is 5.94. The van der Waals surface area contributed by atoms with Gasteiger partial charge in [-0.15, -0.1) is 0 Å². The Hall–Kier alpha value is -2.95. The molecule has 1 aromatic carbocycles. The second-order valence-electron chi connectivity index (χ2n) is 7.06. The number of nitrogens with one attached hydrogen (secondary N) is 1. The number of amides is 1. The number of aryl methyl sites for hydroxylation is 1. The predicted molar refractivity (Wildman–Crippen MR) is 105 cm³/mol. The van der Waals surface area contributed by atoms with Crippen LogP contribution in [0.1, 0.15) is 46.7 Å². The number of carbonyl (C=O) groups excluding carboxylic acids is 1. The van der Waals surface area contributed by atoms with Crippen molar-refractivity contribution < 1.29 is 4.79 Å². The highest BCUT2D eigenvalue weighted by atomic mass is 16.1. The van der Waals surface area contributed by atoms with E-state index in [1.807, 2.05) is 18.2 Å². The second-order valence-corrected chi connectivity index (χ2v) is 7.06. The average molecular weight is 360 g/mol. The van der Waals surface area contributed by atoms with Crippen molar-refractivity contribution in [3.05, 3.63) is 71.3 Å². The van der Waals surface area contributed by atoms with Gasteiger partial charge in [0, 0.05) is 18.3 Å². The van der Waals surface area contributed by atoms with Gasteiger partial charge in [-0.25, -0.2) is 4.98 Å². The van der Waals surface area contributed by atoms with E-state index in [1.165, 1.54) is 12.0 Å². The normalized spacial score (nSPS) is 13.7. The Balaban J connectivity index is 1.65. The number of aromatic nitrogens is 3. The molecule has 4 rings (SSSR count). The van der Waals surface area contributed by atoms with Crippen LogP contribution in [0.3, 0.4) is 0 Å². The van der Waals surface area contributed by atoms with E-state index in [-0.39, 0.29) is 5.91 Å². The maximum atomic E-state index is 12.9.